The monoisotopic (exact) mass is 325 g/mol. The van der Waals surface area contributed by atoms with Gasteiger partial charge in [-0.2, -0.15) is 0 Å². The summed E-state index contributed by atoms with van der Waals surface area (Å²) in [6, 6.07) is 5.92. The number of rotatable bonds is 3. The molecule has 0 fully saturated rings. The number of aromatic nitrogens is 2. The number of fused-ring (bicyclic) bond motifs is 1. The van der Waals surface area contributed by atoms with E-state index in [1.54, 1.807) is 6.26 Å². The number of hydrogen-bond acceptors (Lipinski definition) is 6. The number of Topliss-reactive ketones (excluding diaryl/α,β-unsaturated/α-hetero) is 2. The first-order valence-electron chi connectivity index (χ1n) is 7.04. The molecule has 0 unspecified atom stereocenters. The predicted octanol–water partition coefficient (Wildman–Crippen LogP) is 3.16. The van der Waals surface area contributed by atoms with E-state index in [-0.39, 0.29) is 28.5 Å². The summed E-state index contributed by atoms with van der Waals surface area (Å²) in [5, 5.41) is 3.12. The summed E-state index contributed by atoms with van der Waals surface area (Å²) in [7, 11) is 0. The normalized spacial score (nSPS) is 14.0. The molecule has 23 heavy (non-hydrogen) atoms. The molecule has 1 aromatic carbocycles. The third kappa shape index (κ3) is 2.77. The number of anilines is 1. The van der Waals surface area contributed by atoms with Crippen molar-refractivity contribution in [2.24, 2.45) is 0 Å². The van der Waals surface area contributed by atoms with Gasteiger partial charge < -0.3 is 5.32 Å². The lowest BCUT2D eigenvalue weighted by Crippen LogP contribution is -2.26. The number of ketones is 2. The SMILES string of the molecule is CSC1=C(Nc2cc(C)cc(C)c2)C(=O)c2cncnc2C1=O. The smallest absolute Gasteiger partial charge is 0.220 e. The Morgan fingerprint density at radius 3 is 2.39 bits per heavy atom. The Labute approximate surface area is 138 Å². The largest absolute Gasteiger partial charge is 0.351 e. The molecule has 0 saturated heterocycles. The summed E-state index contributed by atoms with van der Waals surface area (Å²) >= 11 is 1.24. The van der Waals surface area contributed by atoms with Crippen LogP contribution in [-0.4, -0.2) is 27.8 Å². The first kappa shape index (κ1) is 15.4. The molecule has 1 N–H and O–H groups in total. The van der Waals surface area contributed by atoms with Crippen LogP contribution in [0.2, 0.25) is 0 Å². The molecule has 0 radical (unpaired) electrons. The fourth-order valence-electron chi connectivity index (χ4n) is 2.64. The topological polar surface area (TPSA) is 72.0 Å². The van der Waals surface area contributed by atoms with Crippen LogP contribution in [0.25, 0.3) is 0 Å². The molecular formula is C17H15N3O2S. The molecule has 1 aliphatic carbocycles. The fourth-order valence-corrected chi connectivity index (χ4v) is 3.26. The third-order valence-corrected chi connectivity index (χ3v) is 4.33. The lowest BCUT2D eigenvalue weighted by Gasteiger charge is -2.20. The molecule has 0 aliphatic heterocycles. The van der Waals surface area contributed by atoms with Crippen LogP contribution >= 0.6 is 11.8 Å². The molecule has 6 heteroatoms. The second kappa shape index (κ2) is 5.96. The van der Waals surface area contributed by atoms with Crippen LogP contribution in [0.4, 0.5) is 5.69 Å². The van der Waals surface area contributed by atoms with Gasteiger partial charge in [-0.3, -0.25) is 9.59 Å². The molecule has 5 nitrogen and oxygen atoms in total. The van der Waals surface area contributed by atoms with Crippen molar-refractivity contribution >= 4 is 29.0 Å². The molecule has 0 saturated carbocycles. The van der Waals surface area contributed by atoms with E-state index in [4.69, 9.17) is 0 Å². The number of aryl methyl sites for hydroxylation is 2. The average Bonchev–Trinajstić information content (AvgIpc) is 2.52. The van der Waals surface area contributed by atoms with Crippen LogP contribution in [0.1, 0.15) is 32.0 Å². The molecule has 116 valence electrons. The highest BCUT2D eigenvalue weighted by molar-refractivity contribution is 8.03. The Kier molecular flexibility index (Phi) is 4.00. The molecule has 1 heterocycles. The lowest BCUT2D eigenvalue weighted by molar-refractivity contribution is 0.0978. The van der Waals surface area contributed by atoms with Crippen molar-refractivity contribution < 1.29 is 9.59 Å². The van der Waals surface area contributed by atoms with E-state index in [2.05, 4.69) is 15.3 Å². The van der Waals surface area contributed by atoms with Gasteiger partial charge in [-0.1, -0.05) is 6.07 Å². The van der Waals surface area contributed by atoms with Gasteiger partial charge in [-0.25, -0.2) is 9.97 Å². The number of thioether (sulfide) groups is 1. The van der Waals surface area contributed by atoms with Crippen LogP contribution in [0.5, 0.6) is 0 Å². The van der Waals surface area contributed by atoms with Crippen LogP contribution in [-0.2, 0) is 0 Å². The number of carbonyl (C=O) groups excluding carboxylic acids is 2. The summed E-state index contributed by atoms with van der Waals surface area (Å²) < 4.78 is 0. The van der Waals surface area contributed by atoms with Crippen LogP contribution in [0.15, 0.2) is 41.3 Å². The van der Waals surface area contributed by atoms with Gasteiger partial charge in [-0.05, 0) is 43.4 Å². The molecule has 2 aromatic rings. The van der Waals surface area contributed by atoms with Gasteiger partial charge in [0.2, 0.25) is 11.6 Å². The van der Waals surface area contributed by atoms with Crippen molar-refractivity contribution in [3.63, 3.8) is 0 Å². The van der Waals surface area contributed by atoms with Crippen LogP contribution in [0, 0.1) is 13.8 Å². The Hall–Kier alpha value is -2.47. The maximum absolute atomic E-state index is 12.7. The number of allylic oxidation sites excluding steroid dienone is 2. The van der Waals surface area contributed by atoms with Gasteiger partial charge in [0.05, 0.1) is 10.5 Å². The van der Waals surface area contributed by atoms with Crippen molar-refractivity contribution in [2.75, 3.05) is 11.6 Å². The number of benzene rings is 1. The first-order chi connectivity index (χ1) is 11.0. The molecule has 0 bridgehead atoms. The van der Waals surface area contributed by atoms with E-state index in [0.717, 1.165) is 16.8 Å². The van der Waals surface area contributed by atoms with Gasteiger partial charge in [0.25, 0.3) is 0 Å². The van der Waals surface area contributed by atoms with E-state index in [0.29, 0.717) is 4.91 Å². The predicted molar refractivity (Wildman–Crippen MR) is 90.8 cm³/mol. The molecule has 3 rings (SSSR count). The summed E-state index contributed by atoms with van der Waals surface area (Å²) in [5.41, 5.74) is 3.64. The van der Waals surface area contributed by atoms with Crippen molar-refractivity contribution in [1.82, 2.24) is 9.97 Å². The molecule has 0 atom stereocenters. The highest BCUT2D eigenvalue weighted by Crippen LogP contribution is 2.31. The summed E-state index contributed by atoms with van der Waals surface area (Å²) in [5.74, 6) is -0.509. The fraction of sp³-hybridized carbons (Fsp3) is 0.176. The second-order valence-electron chi connectivity index (χ2n) is 5.35. The molecule has 1 aliphatic rings. The Morgan fingerprint density at radius 2 is 1.74 bits per heavy atom. The minimum Gasteiger partial charge on any atom is -0.351 e. The lowest BCUT2D eigenvalue weighted by atomic mass is 9.98. The van der Waals surface area contributed by atoms with Gasteiger partial charge >= 0.3 is 0 Å². The number of carbonyl (C=O) groups is 2. The molecule has 0 amide bonds. The van der Waals surface area contributed by atoms with E-state index < -0.39 is 0 Å². The van der Waals surface area contributed by atoms with Crippen LogP contribution in [0.3, 0.4) is 0 Å². The van der Waals surface area contributed by atoms with Crippen molar-refractivity contribution in [3.05, 3.63) is 63.7 Å². The maximum Gasteiger partial charge on any atom is 0.220 e. The molecular weight excluding hydrogens is 310 g/mol. The average molecular weight is 325 g/mol. The van der Waals surface area contributed by atoms with Crippen molar-refractivity contribution in [1.29, 1.82) is 0 Å². The number of nitrogens with zero attached hydrogens (tertiary/aromatic N) is 2. The highest BCUT2D eigenvalue weighted by atomic mass is 32.2. The Balaban J connectivity index is 2.09. The molecule has 1 aromatic heterocycles. The number of nitrogens with one attached hydrogen (secondary N) is 1. The zero-order valence-electron chi connectivity index (χ0n) is 13.0. The van der Waals surface area contributed by atoms with Gasteiger partial charge in [-0.15, -0.1) is 11.8 Å². The quantitative estimate of drug-likeness (QED) is 0.934. The van der Waals surface area contributed by atoms with Crippen molar-refractivity contribution in [2.45, 2.75) is 13.8 Å². The van der Waals surface area contributed by atoms with Gasteiger partial charge in [0.1, 0.15) is 17.7 Å². The summed E-state index contributed by atoms with van der Waals surface area (Å²) in [6.45, 7) is 3.97. The minimum absolute atomic E-state index is 0.167. The Bertz CT molecular complexity index is 838. The van der Waals surface area contributed by atoms with E-state index in [1.165, 1.54) is 24.3 Å². The van der Waals surface area contributed by atoms with Gasteiger partial charge in [0.15, 0.2) is 0 Å². The van der Waals surface area contributed by atoms with E-state index in [9.17, 15) is 9.59 Å². The summed E-state index contributed by atoms with van der Waals surface area (Å²) in [4.78, 5) is 33.5. The zero-order valence-corrected chi connectivity index (χ0v) is 13.8. The third-order valence-electron chi connectivity index (χ3n) is 3.53. The van der Waals surface area contributed by atoms with Crippen molar-refractivity contribution in [3.8, 4) is 0 Å². The zero-order chi connectivity index (χ0) is 16.6. The first-order valence-corrected chi connectivity index (χ1v) is 8.26. The standard InChI is InChI=1S/C17H15N3O2S/c1-9-4-10(2)6-11(5-9)20-14-15(21)12-7-18-8-19-13(12)16(22)17(14)23-3/h4-8,20H,1-3H3. The van der Waals surface area contributed by atoms with E-state index >= 15 is 0 Å². The highest BCUT2D eigenvalue weighted by Gasteiger charge is 2.33. The summed E-state index contributed by atoms with van der Waals surface area (Å²) in [6.07, 6.45) is 4.45. The molecule has 0 spiro atoms. The second-order valence-corrected chi connectivity index (χ2v) is 6.17. The minimum atomic E-state index is -0.260. The van der Waals surface area contributed by atoms with Gasteiger partial charge in [0, 0.05) is 11.9 Å². The van der Waals surface area contributed by atoms with Crippen LogP contribution < -0.4 is 5.32 Å². The van der Waals surface area contributed by atoms with E-state index in [1.807, 2.05) is 32.0 Å². The Morgan fingerprint density at radius 1 is 1.04 bits per heavy atom. The number of hydrogen-bond donors (Lipinski definition) is 1. The maximum atomic E-state index is 12.7.